The molecule has 0 aliphatic carbocycles. The maximum absolute atomic E-state index is 9.86. The Morgan fingerprint density at radius 3 is 2.00 bits per heavy atom. The molecular formula is H5N3OS2. The van der Waals surface area contributed by atoms with Crippen LogP contribution in [0.2, 0.25) is 0 Å². The minimum absolute atomic E-state index is 1.37. The van der Waals surface area contributed by atoms with Crippen molar-refractivity contribution >= 4 is 25.6 Å². The molecule has 0 aliphatic heterocycles. The molecule has 1 unspecified atom stereocenters. The number of nitrogens with zero attached hydrogens (tertiary/aromatic N) is 1. The van der Waals surface area contributed by atoms with Crippen LogP contribution in [-0.2, 0) is 0 Å². The number of thiol groups is 2. The summed E-state index contributed by atoms with van der Waals surface area (Å²) in [5.74, 6) is 4.59. The molecule has 0 radical (unpaired) electrons. The molecule has 0 saturated heterocycles. The van der Waals surface area contributed by atoms with Crippen LogP contribution in [0.4, 0.5) is 0 Å². The molecule has 38 valence electrons. The quantitative estimate of drug-likeness (QED) is 0.164. The van der Waals surface area contributed by atoms with Gasteiger partial charge >= 0.3 is 0 Å². The van der Waals surface area contributed by atoms with Gasteiger partial charge in [-0.15, -0.1) is 10.1 Å². The van der Waals surface area contributed by atoms with Gasteiger partial charge in [-0.05, 0) is 12.8 Å². The van der Waals surface area contributed by atoms with Crippen LogP contribution in [0.3, 0.4) is 0 Å². The highest BCUT2D eigenvalue weighted by molar-refractivity contribution is 7.79. The van der Waals surface area contributed by atoms with Gasteiger partial charge in [-0.2, -0.15) is 0 Å². The molecule has 4 nitrogen and oxygen atoms in total. The van der Waals surface area contributed by atoms with Crippen LogP contribution in [-0.4, -0.2) is 4.27 Å². The van der Waals surface area contributed by atoms with Crippen molar-refractivity contribution in [3.05, 3.63) is 5.21 Å². The molecule has 0 heterocycles. The molecule has 0 aromatic carbocycles. The van der Waals surface area contributed by atoms with Gasteiger partial charge in [0.25, 0.3) is 0 Å². The van der Waals surface area contributed by atoms with E-state index in [1.165, 1.54) is 0 Å². The Hall–Kier alpha value is 0.540. The van der Waals surface area contributed by atoms with Gasteiger partial charge < -0.3 is 5.21 Å². The Morgan fingerprint density at radius 2 is 2.00 bits per heavy atom. The molecule has 0 aliphatic rings. The summed E-state index contributed by atoms with van der Waals surface area (Å²) in [6, 6.07) is 0. The lowest BCUT2D eigenvalue weighted by Gasteiger charge is -2.23. The summed E-state index contributed by atoms with van der Waals surface area (Å²) in [7, 11) is 0. The van der Waals surface area contributed by atoms with Crippen molar-refractivity contribution in [3.63, 3.8) is 0 Å². The predicted octanol–water partition coefficient (Wildman–Crippen LogP) is -0.631. The first-order valence-electron chi connectivity index (χ1n) is 1.09. The fourth-order valence-corrected chi connectivity index (χ4v) is 0. The fraction of sp³-hybridized carbons (Fsp3) is 0. The average Bonchev–Trinajstić information content (AvgIpc) is 1.35. The van der Waals surface area contributed by atoms with Gasteiger partial charge in [0, 0.05) is 0 Å². The third-order valence-corrected chi connectivity index (χ3v) is 0.698. The highest BCUT2D eigenvalue weighted by atomic mass is 32.1. The average molecular weight is 127 g/mol. The van der Waals surface area contributed by atoms with Gasteiger partial charge in [-0.1, -0.05) is 4.83 Å². The largest absolute Gasteiger partial charge is 0.579 e. The lowest BCUT2D eigenvalue weighted by molar-refractivity contribution is -0.781. The molecule has 3 N–H and O–H groups in total. The van der Waals surface area contributed by atoms with Crippen LogP contribution in [0.5, 0.6) is 0 Å². The molecule has 0 spiro atoms. The molecule has 0 aromatic heterocycles. The van der Waals surface area contributed by atoms with Gasteiger partial charge in [0.2, 0.25) is 0 Å². The lowest BCUT2D eigenvalue weighted by atomic mass is 12.4. The summed E-state index contributed by atoms with van der Waals surface area (Å²) >= 11 is 6.54. The first-order valence-corrected chi connectivity index (χ1v) is 1.94. The Morgan fingerprint density at radius 1 is 1.83 bits per heavy atom. The van der Waals surface area contributed by atoms with E-state index in [1.54, 1.807) is 0 Å². The van der Waals surface area contributed by atoms with Crippen LogP contribution in [0.1, 0.15) is 0 Å². The summed E-state index contributed by atoms with van der Waals surface area (Å²) in [5.41, 5.74) is 0. The van der Waals surface area contributed by atoms with Crippen molar-refractivity contribution in [2.75, 3.05) is 0 Å². The summed E-state index contributed by atoms with van der Waals surface area (Å²) in [6.07, 6.45) is 0. The first kappa shape index (κ1) is 6.54. The van der Waals surface area contributed by atoms with Crippen LogP contribution < -0.4 is 10.7 Å². The SMILES string of the molecule is N[N+]([O-])(S)NS. The van der Waals surface area contributed by atoms with Crippen LogP contribution in [0, 0.1) is 5.21 Å². The number of rotatable bonds is 1. The van der Waals surface area contributed by atoms with Gasteiger partial charge in [0.1, 0.15) is 12.8 Å². The Kier molecular flexibility index (Phi) is 2.19. The molecule has 6 heteroatoms. The van der Waals surface area contributed by atoms with E-state index in [4.69, 9.17) is 0 Å². The van der Waals surface area contributed by atoms with Crippen molar-refractivity contribution in [2.24, 2.45) is 5.84 Å². The van der Waals surface area contributed by atoms with Crippen molar-refractivity contribution in [1.29, 1.82) is 0 Å². The summed E-state index contributed by atoms with van der Waals surface area (Å²) in [6.45, 7) is 0. The molecule has 0 fully saturated rings. The normalized spacial score (nSPS) is 20.0. The van der Waals surface area contributed by atoms with Crippen molar-refractivity contribution in [2.45, 2.75) is 0 Å². The topological polar surface area (TPSA) is 61.1 Å². The zero-order chi connectivity index (χ0) is 5.21. The van der Waals surface area contributed by atoms with E-state index < -0.39 is 4.27 Å². The van der Waals surface area contributed by atoms with Crippen molar-refractivity contribution < 1.29 is 4.27 Å². The van der Waals surface area contributed by atoms with E-state index in [9.17, 15) is 5.21 Å². The van der Waals surface area contributed by atoms with Gasteiger partial charge in [0.15, 0.2) is 0 Å². The molecule has 0 rings (SSSR count). The summed E-state index contributed by atoms with van der Waals surface area (Å²) < 4.78 is -1.37. The Balaban J connectivity index is 3.17. The van der Waals surface area contributed by atoms with Gasteiger partial charge in [-0.25, -0.2) is 0 Å². The van der Waals surface area contributed by atoms with Crippen molar-refractivity contribution in [3.8, 4) is 0 Å². The third-order valence-electron chi connectivity index (χ3n) is 0.143. The standard InChI is InChI=1S/H5N3OS2/c1-3(4,6)2-5/h2,5-6H,1H2. The predicted molar refractivity (Wildman–Crippen MR) is 28.9 cm³/mol. The second-order valence-electron chi connectivity index (χ2n) is 0.723. The molecule has 0 bridgehead atoms. The van der Waals surface area contributed by atoms with Gasteiger partial charge in [0.05, 0.1) is 0 Å². The number of quaternary nitrogens is 1. The van der Waals surface area contributed by atoms with E-state index in [2.05, 4.69) is 31.5 Å². The Labute approximate surface area is 46.5 Å². The molecule has 0 amide bonds. The van der Waals surface area contributed by atoms with Crippen LogP contribution in [0.25, 0.3) is 0 Å². The lowest BCUT2D eigenvalue weighted by Crippen LogP contribution is -2.46. The van der Waals surface area contributed by atoms with Crippen molar-refractivity contribution in [1.82, 2.24) is 4.83 Å². The second kappa shape index (κ2) is 2.01. The highest BCUT2D eigenvalue weighted by Crippen LogP contribution is 1.90. The Bertz CT molecular complexity index is 38.5. The minimum Gasteiger partial charge on any atom is -0.579 e. The highest BCUT2D eigenvalue weighted by Gasteiger charge is 1.94. The summed E-state index contributed by atoms with van der Waals surface area (Å²) in [4.78, 5) is 1.82. The molecule has 6 heavy (non-hydrogen) atoms. The monoisotopic (exact) mass is 127 g/mol. The smallest absolute Gasteiger partial charge is 0.103 e. The number of nitrogens with two attached hydrogens (primary N) is 1. The summed E-state index contributed by atoms with van der Waals surface area (Å²) in [5, 5.41) is 9.86. The second-order valence-corrected chi connectivity index (χ2v) is 1.52. The molecule has 0 aromatic rings. The van der Waals surface area contributed by atoms with Crippen LogP contribution in [0.15, 0.2) is 0 Å². The van der Waals surface area contributed by atoms with E-state index >= 15 is 0 Å². The maximum atomic E-state index is 9.86. The zero-order valence-corrected chi connectivity index (χ0v) is 4.62. The maximum Gasteiger partial charge on any atom is 0.103 e. The van der Waals surface area contributed by atoms with E-state index in [1.807, 2.05) is 4.83 Å². The third kappa shape index (κ3) is 4.54. The number of hydrogen-bond donors (Lipinski definition) is 4. The number of nitrogens with one attached hydrogen (secondary N) is 1. The van der Waals surface area contributed by atoms with Crippen LogP contribution >= 0.6 is 25.6 Å². The van der Waals surface area contributed by atoms with E-state index in [0.717, 1.165) is 0 Å². The molecule has 1 atom stereocenters. The molecule has 0 saturated carbocycles. The van der Waals surface area contributed by atoms with E-state index in [-0.39, 0.29) is 0 Å². The number of hydrogen-bond acceptors (Lipinski definition) is 5. The first-order chi connectivity index (χ1) is 2.56. The van der Waals surface area contributed by atoms with E-state index in [0.29, 0.717) is 0 Å². The van der Waals surface area contributed by atoms with Gasteiger partial charge in [-0.3, -0.25) is 0 Å². The minimum atomic E-state index is -1.37. The zero-order valence-electron chi connectivity index (χ0n) is 2.83. The molecular weight excluding hydrogens is 122 g/mol. The fourth-order valence-electron chi connectivity index (χ4n) is 0.